The maximum absolute atomic E-state index is 12.8. The highest BCUT2D eigenvalue weighted by molar-refractivity contribution is 5.97. The molecule has 140 valence electrons. The van der Waals surface area contributed by atoms with Crippen LogP contribution in [-0.4, -0.2) is 59.3 Å². The number of pyridine rings is 1. The third kappa shape index (κ3) is 4.01. The molecule has 1 aromatic carbocycles. The first-order valence-corrected chi connectivity index (χ1v) is 9.53. The fourth-order valence-electron chi connectivity index (χ4n) is 3.72. The SMILES string of the molecule is O=C(c1ccc(N2CCCC2=O)cc1)N1CCN(Cc2ccccn2)CC1. The predicted molar refractivity (Wildman–Crippen MR) is 103 cm³/mol. The number of piperazine rings is 1. The summed E-state index contributed by atoms with van der Waals surface area (Å²) in [6, 6.07) is 13.4. The van der Waals surface area contributed by atoms with Crippen LogP contribution in [-0.2, 0) is 11.3 Å². The van der Waals surface area contributed by atoms with Gasteiger partial charge in [-0.2, -0.15) is 0 Å². The van der Waals surface area contributed by atoms with E-state index in [0.29, 0.717) is 12.0 Å². The zero-order valence-electron chi connectivity index (χ0n) is 15.4. The zero-order chi connectivity index (χ0) is 18.6. The maximum Gasteiger partial charge on any atom is 0.253 e. The summed E-state index contributed by atoms with van der Waals surface area (Å²) >= 11 is 0. The lowest BCUT2D eigenvalue weighted by molar-refractivity contribution is -0.117. The molecule has 0 unspecified atom stereocenters. The Labute approximate surface area is 159 Å². The van der Waals surface area contributed by atoms with Crippen molar-refractivity contribution >= 4 is 17.5 Å². The van der Waals surface area contributed by atoms with E-state index in [2.05, 4.69) is 9.88 Å². The molecule has 0 saturated carbocycles. The monoisotopic (exact) mass is 364 g/mol. The summed E-state index contributed by atoms with van der Waals surface area (Å²) in [5.41, 5.74) is 2.63. The van der Waals surface area contributed by atoms with Crippen LogP contribution in [0.15, 0.2) is 48.7 Å². The molecular formula is C21H24N4O2. The molecular weight excluding hydrogens is 340 g/mol. The van der Waals surface area contributed by atoms with Gasteiger partial charge in [0.1, 0.15) is 0 Å². The molecule has 6 heteroatoms. The first kappa shape index (κ1) is 17.7. The van der Waals surface area contributed by atoms with Gasteiger partial charge in [0.15, 0.2) is 0 Å². The lowest BCUT2D eigenvalue weighted by atomic mass is 10.1. The second-order valence-electron chi connectivity index (χ2n) is 7.09. The number of hydrogen-bond acceptors (Lipinski definition) is 4. The van der Waals surface area contributed by atoms with Gasteiger partial charge in [0.2, 0.25) is 5.91 Å². The van der Waals surface area contributed by atoms with E-state index in [1.54, 1.807) is 4.90 Å². The number of carbonyl (C=O) groups is 2. The second-order valence-corrected chi connectivity index (χ2v) is 7.09. The fourth-order valence-corrected chi connectivity index (χ4v) is 3.72. The molecule has 0 spiro atoms. The van der Waals surface area contributed by atoms with Crippen molar-refractivity contribution in [3.8, 4) is 0 Å². The molecule has 6 nitrogen and oxygen atoms in total. The van der Waals surface area contributed by atoms with Crippen LogP contribution in [0.4, 0.5) is 5.69 Å². The summed E-state index contributed by atoms with van der Waals surface area (Å²) in [7, 11) is 0. The Morgan fingerprint density at radius 3 is 2.37 bits per heavy atom. The van der Waals surface area contributed by atoms with Crippen molar-refractivity contribution in [2.45, 2.75) is 19.4 Å². The summed E-state index contributed by atoms with van der Waals surface area (Å²) < 4.78 is 0. The predicted octanol–water partition coefficient (Wildman–Crippen LogP) is 2.17. The number of hydrogen-bond donors (Lipinski definition) is 0. The van der Waals surface area contributed by atoms with E-state index in [-0.39, 0.29) is 11.8 Å². The van der Waals surface area contributed by atoms with Crippen LogP contribution in [0.2, 0.25) is 0 Å². The number of nitrogens with zero attached hydrogens (tertiary/aromatic N) is 4. The van der Waals surface area contributed by atoms with Crippen molar-refractivity contribution in [3.05, 3.63) is 59.9 Å². The zero-order valence-corrected chi connectivity index (χ0v) is 15.4. The third-order valence-electron chi connectivity index (χ3n) is 5.27. The number of anilines is 1. The van der Waals surface area contributed by atoms with Crippen molar-refractivity contribution in [2.75, 3.05) is 37.6 Å². The van der Waals surface area contributed by atoms with Crippen molar-refractivity contribution in [2.24, 2.45) is 0 Å². The van der Waals surface area contributed by atoms with Crippen molar-refractivity contribution in [3.63, 3.8) is 0 Å². The largest absolute Gasteiger partial charge is 0.336 e. The molecule has 1 aromatic heterocycles. The van der Waals surface area contributed by atoms with E-state index in [0.717, 1.165) is 57.1 Å². The highest BCUT2D eigenvalue weighted by Gasteiger charge is 2.24. The Morgan fingerprint density at radius 1 is 0.963 bits per heavy atom. The summed E-state index contributed by atoms with van der Waals surface area (Å²) in [5.74, 6) is 0.227. The second kappa shape index (κ2) is 7.88. The average Bonchev–Trinajstić information content (AvgIpc) is 3.15. The van der Waals surface area contributed by atoms with Gasteiger partial charge in [-0.1, -0.05) is 6.07 Å². The van der Waals surface area contributed by atoms with E-state index in [4.69, 9.17) is 0 Å². The van der Waals surface area contributed by atoms with Crippen LogP contribution in [0.3, 0.4) is 0 Å². The average molecular weight is 364 g/mol. The van der Waals surface area contributed by atoms with Gasteiger partial charge >= 0.3 is 0 Å². The summed E-state index contributed by atoms with van der Waals surface area (Å²) in [6.45, 7) is 4.73. The molecule has 2 aromatic rings. The summed E-state index contributed by atoms with van der Waals surface area (Å²) in [4.78, 5) is 35.0. The minimum Gasteiger partial charge on any atom is -0.336 e. The van der Waals surface area contributed by atoms with Crippen LogP contribution >= 0.6 is 0 Å². The number of rotatable bonds is 4. The minimum absolute atomic E-state index is 0.0618. The smallest absolute Gasteiger partial charge is 0.253 e. The normalized spacial score (nSPS) is 18.1. The van der Waals surface area contributed by atoms with Crippen LogP contribution < -0.4 is 4.90 Å². The minimum atomic E-state index is 0.0618. The topological polar surface area (TPSA) is 56.8 Å². The van der Waals surface area contributed by atoms with Gasteiger partial charge in [-0.15, -0.1) is 0 Å². The van der Waals surface area contributed by atoms with Gasteiger partial charge in [-0.25, -0.2) is 0 Å². The Bertz CT molecular complexity index is 799. The summed E-state index contributed by atoms with van der Waals surface area (Å²) in [5, 5.41) is 0. The van der Waals surface area contributed by atoms with Crippen LogP contribution in [0.25, 0.3) is 0 Å². The van der Waals surface area contributed by atoms with Crippen LogP contribution in [0.1, 0.15) is 28.9 Å². The highest BCUT2D eigenvalue weighted by atomic mass is 16.2. The van der Waals surface area contributed by atoms with Gasteiger partial charge in [-0.05, 0) is 42.8 Å². The molecule has 0 aliphatic carbocycles. The molecule has 27 heavy (non-hydrogen) atoms. The first-order chi connectivity index (χ1) is 13.2. The van der Waals surface area contributed by atoms with Gasteiger partial charge in [0.25, 0.3) is 5.91 Å². The Morgan fingerprint density at radius 2 is 1.74 bits per heavy atom. The van der Waals surface area contributed by atoms with E-state index in [1.165, 1.54) is 0 Å². The first-order valence-electron chi connectivity index (χ1n) is 9.53. The number of benzene rings is 1. The van der Waals surface area contributed by atoms with E-state index in [9.17, 15) is 9.59 Å². The molecule has 0 bridgehead atoms. The van der Waals surface area contributed by atoms with Crippen molar-refractivity contribution < 1.29 is 9.59 Å². The van der Waals surface area contributed by atoms with Gasteiger partial charge < -0.3 is 9.80 Å². The maximum atomic E-state index is 12.8. The number of aromatic nitrogens is 1. The Balaban J connectivity index is 1.33. The molecule has 4 rings (SSSR count). The lowest BCUT2D eigenvalue weighted by Gasteiger charge is -2.34. The summed E-state index contributed by atoms with van der Waals surface area (Å²) in [6.07, 6.45) is 3.33. The third-order valence-corrected chi connectivity index (χ3v) is 5.27. The number of amides is 2. The van der Waals surface area contributed by atoms with Crippen molar-refractivity contribution in [1.82, 2.24) is 14.8 Å². The molecule has 2 fully saturated rings. The number of carbonyl (C=O) groups excluding carboxylic acids is 2. The molecule has 2 amide bonds. The molecule has 3 heterocycles. The molecule has 0 radical (unpaired) electrons. The molecule has 0 atom stereocenters. The quantitative estimate of drug-likeness (QED) is 0.834. The molecule has 2 saturated heterocycles. The van der Waals surface area contributed by atoms with Gasteiger partial charge in [0.05, 0.1) is 5.69 Å². The molecule has 2 aliphatic heterocycles. The van der Waals surface area contributed by atoms with Gasteiger partial charge in [-0.3, -0.25) is 19.5 Å². The highest BCUT2D eigenvalue weighted by Crippen LogP contribution is 2.22. The Hall–Kier alpha value is -2.73. The van der Waals surface area contributed by atoms with E-state index in [1.807, 2.05) is 53.6 Å². The molecule has 2 aliphatic rings. The van der Waals surface area contributed by atoms with Gasteiger partial charge in [0, 0.05) is 63.1 Å². The van der Waals surface area contributed by atoms with Crippen LogP contribution in [0.5, 0.6) is 0 Å². The standard InChI is InChI=1S/C21H24N4O2/c26-20-5-3-11-25(20)19-8-6-17(7-9-19)21(27)24-14-12-23(13-15-24)16-18-4-1-2-10-22-18/h1-2,4,6-10H,3,5,11-16H2. The van der Waals surface area contributed by atoms with E-state index >= 15 is 0 Å². The molecule has 0 N–H and O–H groups in total. The van der Waals surface area contributed by atoms with Crippen LogP contribution in [0, 0.1) is 0 Å². The Kier molecular flexibility index (Phi) is 5.16. The fraction of sp³-hybridized carbons (Fsp3) is 0.381. The van der Waals surface area contributed by atoms with E-state index < -0.39 is 0 Å². The lowest BCUT2D eigenvalue weighted by Crippen LogP contribution is -2.48. The van der Waals surface area contributed by atoms with Crippen molar-refractivity contribution in [1.29, 1.82) is 0 Å².